The number of hydrogen-bond acceptors (Lipinski definition) is 5. The largest absolute Gasteiger partial charge is 0.356 e. The molecule has 0 spiro atoms. The van der Waals surface area contributed by atoms with Crippen LogP contribution in [0.1, 0.15) is 47.3 Å². The number of aliphatic imine (C=N–C) groups is 1. The average molecular weight is 429 g/mol. The Labute approximate surface area is 182 Å². The second-order valence-electron chi connectivity index (χ2n) is 7.20. The van der Waals surface area contributed by atoms with Crippen molar-refractivity contribution in [3.63, 3.8) is 0 Å². The molecule has 8 nitrogen and oxygen atoms in total. The molecule has 0 unspecified atom stereocenters. The van der Waals surface area contributed by atoms with Crippen LogP contribution in [0, 0.1) is 6.92 Å². The maximum atomic E-state index is 4.88. The van der Waals surface area contributed by atoms with E-state index in [0.29, 0.717) is 13.1 Å². The van der Waals surface area contributed by atoms with Crippen LogP contribution in [0.4, 0.5) is 0 Å². The van der Waals surface area contributed by atoms with Gasteiger partial charge < -0.3 is 15.2 Å². The summed E-state index contributed by atoms with van der Waals surface area (Å²) in [5.74, 6) is 2.55. The van der Waals surface area contributed by atoms with Crippen molar-refractivity contribution in [1.82, 2.24) is 35.2 Å². The van der Waals surface area contributed by atoms with Gasteiger partial charge in [0.05, 0.1) is 18.8 Å². The molecular weight excluding hydrogens is 396 g/mol. The van der Waals surface area contributed by atoms with Gasteiger partial charge in [0.25, 0.3) is 0 Å². The molecule has 3 heterocycles. The molecular formula is C21H32N8S. The van der Waals surface area contributed by atoms with Gasteiger partial charge in [-0.2, -0.15) is 5.10 Å². The molecule has 0 fully saturated rings. The van der Waals surface area contributed by atoms with Crippen LogP contribution >= 0.6 is 11.3 Å². The molecule has 0 aliphatic carbocycles. The van der Waals surface area contributed by atoms with E-state index in [-0.39, 0.29) is 0 Å². The predicted octanol–water partition coefficient (Wildman–Crippen LogP) is 2.52. The van der Waals surface area contributed by atoms with Crippen LogP contribution in [-0.2, 0) is 46.4 Å². The van der Waals surface area contributed by atoms with Gasteiger partial charge in [-0.15, -0.1) is 21.5 Å². The number of nitrogens with zero attached hydrogens (tertiary/aromatic N) is 6. The first-order valence-corrected chi connectivity index (χ1v) is 11.3. The van der Waals surface area contributed by atoms with E-state index in [0.717, 1.165) is 49.1 Å². The van der Waals surface area contributed by atoms with Crippen molar-refractivity contribution in [1.29, 1.82) is 0 Å². The van der Waals surface area contributed by atoms with E-state index in [1.165, 1.54) is 16.1 Å². The molecule has 2 N–H and O–H groups in total. The monoisotopic (exact) mass is 428 g/mol. The highest BCUT2D eigenvalue weighted by atomic mass is 32.1. The van der Waals surface area contributed by atoms with E-state index < -0.39 is 0 Å². The fourth-order valence-electron chi connectivity index (χ4n) is 3.43. The minimum atomic E-state index is 0.566. The van der Waals surface area contributed by atoms with Crippen molar-refractivity contribution in [3.8, 4) is 0 Å². The van der Waals surface area contributed by atoms with Gasteiger partial charge in [0.1, 0.15) is 5.82 Å². The third-order valence-corrected chi connectivity index (χ3v) is 6.20. The number of aromatic nitrogens is 5. The highest BCUT2D eigenvalue weighted by Gasteiger charge is 2.14. The highest BCUT2D eigenvalue weighted by molar-refractivity contribution is 7.09. The van der Waals surface area contributed by atoms with Gasteiger partial charge in [-0.05, 0) is 37.6 Å². The third kappa shape index (κ3) is 5.27. The molecule has 162 valence electrons. The van der Waals surface area contributed by atoms with Gasteiger partial charge in [0.2, 0.25) is 0 Å². The van der Waals surface area contributed by atoms with Gasteiger partial charge in [-0.3, -0.25) is 4.68 Å². The molecule has 3 rings (SSSR count). The number of nitrogens with one attached hydrogen (secondary N) is 2. The Balaban J connectivity index is 1.72. The third-order valence-electron chi connectivity index (χ3n) is 5.26. The number of aryl methyl sites for hydroxylation is 3. The number of rotatable bonds is 9. The molecule has 0 bridgehead atoms. The Kier molecular flexibility index (Phi) is 7.62. The molecule has 9 heteroatoms. The number of thiophene rings is 1. The van der Waals surface area contributed by atoms with E-state index in [9.17, 15) is 0 Å². The fourth-order valence-corrected chi connectivity index (χ4v) is 4.14. The van der Waals surface area contributed by atoms with Gasteiger partial charge >= 0.3 is 0 Å². The van der Waals surface area contributed by atoms with Crippen LogP contribution in [0.25, 0.3) is 0 Å². The molecule has 0 aliphatic heterocycles. The summed E-state index contributed by atoms with van der Waals surface area (Å²) in [6.45, 7) is 8.25. The van der Waals surface area contributed by atoms with Crippen molar-refractivity contribution in [3.05, 3.63) is 51.0 Å². The quantitative estimate of drug-likeness (QED) is 0.404. The van der Waals surface area contributed by atoms with Gasteiger partial charge in [0.15, 0.2) is 11.8 Å². The number of hydrogen-bond donors (Lipinski definition) is 2. The highest BCUT2D eigenvalue weighted by Crippen LogP contribution is 2.16. The number of guanidine groups is 1. The summed E-state index contributed by atoms with van der Waals surface area (Å²) in [5, 5.41) is 22.0. The van der Waals surface area contributed by atoms with E-state index >= 15 is 0 Å². The van der Waals surface area contributed by atoms with E-state index in [1.54, 1.807) is 11.3 Å². The van der Waals surface area contributed by atoms with E-state index in [4.69, 9.17) is 4.99 Å². The Bertz CT molecular complexity index is 968. The molecule has 0 saturated carbocycles. The lowest BCUT2D eigenvalue weighted by Gasteiger charge is -2.13. The Morgan fingerprint density at radius 3 is 2.63 bits per heavy atom. The lowest BCUT2D eigenvalue weighted by Crippen LogP contribution is -2.38. The van der Waals surface area contributed by atoms with Gasteiger partial charge in [-0.1, -0.05) is 19.9 Å². The predicted molar refractivity (Wildman–Crippen MR) is 122 cm³/mol. The van der Waals surface area contributed by atoms with Crippen molar-refractivity contribution < 1.29 is 0 Å². The zero-order valence-corrected chi connectivity index (χ0v) is 19.4. The second kappa shape index (κ2) is 10.4. The molecule has 0 aromatic carbocycles. The zero-order chi connectivity index (χ0) is 21.5. The van der Waals surface area contributed by atoms with Crippen LogP contribution in [0.2, 0.25) is 0 Å². The molecule has 0 amide bonds. The van der Waals surface area contributed by atoms with Crippen LogP contribution in [0.5, 0.6) is 0 Å². The first kappa shape index (κ1) is 22.0. The second-order valence-corrected chi connectivity index (χ2v) is 8.23. The average Bonchev–Trinajstić information content (AvgIpc) is 3.44. The first-order chi connectivity index (χ1) is 14.5. The SMILES string of the molecule is CCc1nn(C)c(CC)c1CN=C(NCCc1cccs1)NCc1nnc(C)n1C. The minimum Gasteiger partial charge on any atom is -0.356 e. The minimum absolute atomic E-state index is 0.566. The lowest BCUT2D eigenvalue weighted by atomic mass is 10.1. The zero-order valence-electron chi connectivity index (χ0n) is 18.6. The summed E-state index contributed by atoms with van der Waals surface area (Å²) in [6, 6.07) is 4.25. The summed E-state index contributed by atoms with van der Waals surface area (Å²) in [4.78, 5) is 6.24. The normalized spacial score (nSPS) is 11.8. The Morgan fingerprint density at radius 1 is 1.17 bits per heavy atom. The molecule has 0 saturated heterocycles. The summed E-state index contributed by atoms with van der Waals surface area (Å²) >= 11 is 1.78. The Hall–Kier alpha value is -2.68. The molecule has 3 aromatic heterocycles. The van der Waals surface area contributed by atoms with E-state index in [2.05, 4.69) is 57.3 Å². The van der Waals surface area contributed by atoms with Crippen LogP contribution < -0.4 is 10.6 Å². The first-order valence-electron chi connectivity index (χ1n) is 10.5. The standard InChI is InChI=1S/C21H32N8S/c1-6-18-17(19(7-2)29(5)27-18)13-23-21(22-11-10-16-9-8-12-30-16)24-14-20-26-25-15(3)28(20)4/h8-9,12H,6-7,10-11,13-14H2,1-5H3,(H2,22,23,24). The maximum Gasteiger partial charge on any atom is 0.191 e. The van der Waals surface area contributed by atoms with Crippen LogP contribution in [0.3, 0.4) is 0 Å². The summed E-state index contributed by atoms with van der Waals surface area (Å²) < 4.78 is 3.98. The van der Waals surface area contributed by atoms with Crippen molar-refractivity contribution in [2.24, 2.45) is 19.1 Å². The topological polar surface area (TPSA) is 84.9 Å². The summed E-state index contributed by atoms with van der Waals surface area (Å²) in [5.41, 5.74) is 3.61. The van der Waals surface area contributed by atoms with Crippen LogP contribution in [-0.4, -0.2) is 37.0 Å². The molecule has 30 heavy (non-hydrogen) atoms. The van der Waals surface area contributed by atoms with Crippen LogP contribution in [0.15, 0.2) is 22.5 Å². The van der Waals surface area contributed by atoms with Crippen molar-refractivity contribution in [2.45, 2.75) is 53.1 Å². The summed E-state index contributed by atoms with van der Waals surface area (Å²) in [7, 11) is 3.99. The molecule has 3 aromatic rings. The smallest absolute Gasteiger partial charge is 0.191 e. The molecule has 0 radical (unpaired) electrons. The van der Waals surface area contributed by atoms with Gasteiger partial charge in [0, 0.05) is 36.8 Å². The molecule has 0 aliphatic rings. The Morgan fingerprint density at radius 2 is 2.00 bits per heavy atom. The molecule has 0 atom stereocenters. The maximum absolute atomic E-state index is 4.88. The fraction of sp³-hybridized carbons (Fsp3) is 0.524. The van der Waals surface area contributed by atoms with Gasteiger partial charge in [-0.25, -0.2) is 4.99 Å². The summed E-state index contributed by atoms with van der Waals surface area (Å²) in [6.07, 6.45) is 2.82. The lowest BCUT2D eigenvalue weighted by molar-refractivity contribution is 0.702. The van der Waals surface area contributed by atoms with Crippen molar-refractivity contribution in [2.75, 3.05) is 6.54 Å². The van der Waals surface area contributed by atoms with Crippen molar-refractivity contribution >= 4 is 17.3 Å². The van der Waals surface area contributed by atoms with E-state index in [1.807, 2.05) is 30.3 Å².